The van der Waals surface area contributed by atoms with Gasteiger partial charge in [0.25, 0.3) is 0 Å². The fraction of sp³-hybridized carbons (Fsp3) is 0.211. The third-order valence-electron chi connectivity index (χ3n) is 4.04. The summed E-state index contributed by atoms with van der Waals surface area (Å²) < 4.78 is 36.9. The highest BCUT2D eigenvalue weighted by Gasteiger charge is 2.19. The molecule has 0 spiro atoms. The van der Waals surface area contributed by atoms with Crippen molar-refractivity contribution in [2.24, 2.45) is 0 Å². The van der Waals surface area contributed by atoms with Crippen molar-refractivity contribution in [3.05, 3.63) is 59.6 Å². The number of aromatic nitrogens is 1. The Morgan fingerprint density at radius 3 is 2.68 bits per heavy atom. The smallest absolute Gasteiger partial charge is 0.242 e. The number of rotatable bonds is 7. The lowest BCUT2D eigenvalue weighted by Gasteiger charge is -2.15. The van der Waals surface area contributed by atoms with E-state index < -0.39 is 10.0 Å². The zero-order valence-electron chi connectivity index (χ0n) is 15.6. The van der Waals surface area contributed by atoms with Gasteiger partial charge in [0.2, 0.25) is 15.9 Å². The molecule has 0 bridgehead atoms. The van der Waals surface area contributed by atoms with E-state index in [0.29, 0.717) is 28.1 Å². The van der Waals surface area contributed by atoms with E-state index >= 15 is 0 Å². The molecular formula is C19H20ClN3O4S. The summed E-state index contributed by atoms with van der Waals surface area (Å²) in [5.74, 6) is 1.55. The van der Waals surface area contributed by atoms with Crippen LogP contribution in [0.1, 0.15) is 5.89 Å². The van der Waals surface area contributed by atoms with Crippen LogP contribution in [-0.4, -0.2) is 38.9 Å². The minimum absolute atomic E-state index is 0.160. The predicted molar refractivity (Wildman–Crippen MR) is 108 cm³/mol. The van der Waals surface area contributed by atoms with Gasteiger partial charge in [-0.1, -0.05) is 23.7 Å². The van der Waals surface area contributed by atoms with Crippen LogP contribution in [0.5, 0.6) is 5.75 Å². The second-order valence-electron chi connectivity index (χ2n) is 6.13. The highest BCUT2D eigenvalue weighted by atomic mass is 35.5. The Balaban J connectivity index is 1.81. The molecule has 9 heteroatoms. The van der Waals surface area contributed by atoms with Crippen LogP contribution in [-0.2, 0) is 16.6 Å². The number of anilines is 1. The number of hydrogen-bond acceptors (Lipinski definition) is 6. The van der Waals surface area contributed by atoms with Gasteiger partial charge in [-0.3, -0.25) is 0 Å². The fourth-order valence-corrected chi connectivity index (χ4v) is 3.65. The average Bonchev–Trinajstić information content (AvgIpc) is 3.15. The molecule has 0 amide bonds. The average molecular weight is 422 g/mol. The summed E-state index contributed by atoms with van der Waals surface area (Å²) in [5.41, 5.74) is 1.34. The molecule has 3 aromatic rings. The second kappa shape index (κ2) is 8.22. The van der Waals surface area contributed by atoms with Crippen molar-refractivity contribution in [1.29, 1.82) is 0 Å². The van der Waals surface area contributed by atoms with E-state index in [1.54, 1.807) is 24.4 Å². The number of benzene rings is 2. The molecular weight excluding hydrogens is 402 g/mol. The van der Waals surface area contributed by atoms with Crippen LogP contribution in [0.3, 0.4) is 0 Å². The Morgan fingerprint density at radius 2 is 2.00 bits per heavy atom. The Hall–Kier alpha value is -2.55. The van der Waals surface area contributed by atoms with Crippen molar-refractivity contribution in [2.75, 3.05) is 26.5 Å². The highest BCUT2D eigenvalue weighted by molar-refractivity contribution is 7.89. The summed E-state index contributed by atoms with van der Waals surface area (Å²) in [7, 11) is 0.926. The van der Waals surface area contributed by atoms with Gasteiger partial charge in [0.15, 0.2) is 5.76 Å². The summed E-state index contributed by atoms with van der Waals surface area (Å²) in [6.45, 7) is 0.252. The van der Waals surface area contributed by atoms with Crippen LogP contribution in [0, 0.1) is 0 Å². The maximum Gasteiger partial charge on any atom is 0.242 e. The Labute approximate surface area is 169 Å². The van der Waals surface area contributed by atoms with E-state index in [-0.39, 0.29) is 11.4 Å². The number of oxazole rings is 1. The van der Waals surface area contributed by atoms with Crippen LogP contribution in [0.15, 0.2) is 58.0 Å². The number of hydrogen-bond donors (Lipinski definition) is 1. The van der Waals surface area contributed by atoms with E-state index in [2.05, 4.69) is 10.3 Å². The maximum atomic E-state index is 12.4. The summed E-state index contributed by atoms with van der Waals surface area (Å²) in [4.78, 5) is 4.41. The lowest BCUT2D eigenvalue weighted by atomic mass is 10.2. The fourth-order valence-electron chi connectivity index (χ4n) is 2.53. The first-order valence-corrected chi connectivity index (χ1v) is 10.2. The summed E-state index contributed by atoms with van der Waals surface area (Å²) in [6.07, 6.45) is 1.62. The number of sulfonamides is 1. The minimum Gasteiger partial charge on any atom is -0.495 e. The zero-order valence-corrected chi connectivity index (χ0v) is 17.2. The zero-order chi connectivity index (χ0) is 20.3. The van der Waals surface area contributed by atoms with Crippen molar-refractivity contribution in [2.45, 2.75) is 11.4 Å². The third-order valence-corrected chi connectivity index (χ3v) is 6.09. The predicted octanol–water partition coefficient (Wildman–Crippen LogP) is 3.87. The quantitative estimate of drug-likeness (QED) is 0.623. The number of halogens is 1. The molecule has 0 unspecified atom stereocenters. The maximum absolute atomic E-state index is 12.4. The van der Waals surface area contributed by atoms with Gasteiger partial charge in [-0.2, -0.15) is 0 Å². The van der Waals surface area contributed by atoms with Crippen LogP contribution in [0.2, 0.25) is 5.02 Å². The topological polar surface area (TPSA) is 84.7 Å². The van der Waals surface area contributed by atoms with E-state index in [9.17, 15) is 8.42 Å². The first-order chi connectivity index (χ1) is 13.3. The van der Waals surface area contributed by atoms with Crippen molar-refractivity contribution in [1.82, 2.24) is 9.29 Å². The molecule has 1 heterocycles. The standard InChI is InChI=1S/C19H20ClN3O4S/c1-23(2)28(24,25)15-7-8-17(26-3)16(10-15)21-12-19-22-11-18(27-19)13-5-4-6-14(20)9-13/h4-11,21H,12H2,1-3H3. The van der Waals surface area contributed by atoms with Gasteiger partial charge in [0.1, 0.15) is 5.75 Å². The molecule has 0 aliphatic heterocycles. The highest BCUT2D eigenvalue weighted by Crippen LogP contribution is 2.29. The lowest BCUT2D eigenvalue weighted by Crippen LogP contribution is -2.22. The van der Waals surface area contributed by atoms with Crippen LogP contribution >= 0.6 is 11.6 Å². The molecule has 148 valence electrons. The molecule has 0 saturated heterocycles. The molecule has 0 atom stereocenters. The molecule has 0 saturated carbocycles. The Bertz CT molecular complexity index is 1080. The largest absolute Gasteiger partial charge is 0.495 e. The van der Waals surface area contributed by atoms with E-state index in [4.69, 9.17) is 20.8 Å². The Morgan fingerprint density at radius 1 is 1.21 bits per heavy atom. The summed E-state index contributed by atoms with van der Waals surface area (Å²) >= 11 is 6.01. The van der Waals surface area contributed by atoms with Crippen molar-refractivity contribution >= 4 is 27.3 Å². The first-order valence-electron chi connectivity index (χ1n) is 8.36. The monoisotopic (exact) mass is 421 g/mol. The van der Waals surface area contributed by atoms with Gasteiger partial charge in [0.05, 0.1) is 30.4 Å². The van der Waals surface area contributed by atoms with Gasteiger partial charge in [0, 0.05) is 24.7 Å². The normalized spacial score (nSPS) is 11.6. The second-order valence-corrected chi connectivity index (χ2v) is 8.72. The van der Waals surface area contributed by atoms with E-state index in [0.717, 1.165) is 9.87 Å². The van der Waals surface area contributed by atoms with Crippen LogP contribution < -0.4 is 10.1 Å². The van der Waals surface area contributed by atoms with E-state index in [1.165, 1.54) is 33.3 Å². The molecule has 0 aliphatic rings. The van der Waals surface area contributed by atoms with Crippen molar-refractivity contribution in [3.63, 3.8) is 0 Å². The first kappa shape index (κ1) is 20.2. The molecule has 7 nitrogen and oxygen atoms in total. The molecule has 28 heavy (non-hydrogen) atoms. The Kier molecular flexibility index (Phi) is 5.93. The number of ether oxygens (including phenoxy) is 1. The number of nitrogens with one attached hydrogen (secondary N) is 1. The van der Waals surface area contributed by atoms with Gasteiger partial charge in [-0.15, -0.1) is 0 Å². The van der Waals surface area contributed by atoms with E-state index in [1.807, 2.05) is 12.1 Å². The molecule has 1 N–H and O–H groups in total. The summed E-state index contributed by atoms with van der Waals surface area (Å²) in [6, 6.07) is 11.9. The number of nitrogens with zero attached hydrogens (tertiary/aromatic N) is 2. The molecule has 0 fully saturated rings. The third kappa shape index (κ3) is 4.30. The van der Waals surface area contributed by atoms with Crippen molar-refractivity contribution in [3.8, 4) is 17.1 Å². The molecule has 1 aromatic heterocycles. The van der Waals surface area contributed by atoms with Crippen LogP contribution in [0.4, 0.5) is 5.69 Å². The molecule has 3 rings (SSSR count). The van der Waals surface area contributed by atoms with Gasteiger partial charge in [-0.05, 0) is 30.3 Å². The van der Waals surface area contributed by atoms with Gasteiger partial charge in [-0.25, -0.2) is 17.7 Å². The molecule has 0 aliphatic carbocycles. The SMILES string of the molecule is COc1ccc(S(=O)(=O)N(C)C)cc1NCc1ncc(-c2cccc(Cl)c2)o1. The molecule has 0 radical (unpaired) electrons. The lowest BCUT2D eigenvalue weighted by molar-refractivity contribution is 0.415. The van der Waals surface area contributed by atoms with Crippen LogP contribution in [0.25, 0.3) is 11.3 Å². The van der Waals surface area contributed by atoms with Gasteiger partial charge >= 0.3 is 0 Å². The summed E-state index contributed by atoms with van der Waals surface area (Å²) in [5, 5.41) is 3.73. The van der Waals surface area contributed by atoms with Gasteiger partial charge < -0.3 is 14.5 Å². The van der Waals surface area contributed by atoms with Crippen molar-refractivity contribution < 1.29 is 17.6 Å². The number of methoxy groups -OCH3 is 1. The minimum atomic E-state index is -3.56. The molecule has 2 aromatic carbocycles.